The van der Waals surface area contributed by atoms with E-state index >= 15 is 0 Å². The van der Waals surface area contributed by atoms with E-state index in [4.69, 9.17) is 10.6 Å². The molecule has 0 spiro atoms. The van der Waals surface area contributed by atoms with Crippen LogP contribution in [-0.4, -0.2) is 36.4 Å². The van der Waals surface area contributed by atoms with Crippen LogP contribution in [0.1, 0.15) is 43.0 Å². The lowest BCUT2D eigenvalue weighted by Gasteiger charge is -2.31. The zero-order valence-electron chi connectivity index (χ0n) is 13.6. The Balaban J connectivity index is 2.00. The molecule has 0 saturated carbocycles. The van der Waals surface area contributed by atoms with Crippen molar-refractivity contribution in [2.75, 3.05) is 19.7 Å². The third-order valence-corrected chi connectivity index (χ3v) is 4.17. The van der Waals surface area contributed by atoms with Crippen LogP contribution in [0.5, 0.6) is 5.75 Å². The maximum Gasteiger partial charge on any atom is 0.257 e. The van der Waals surface area contributed by atoms with Crippen LogP contribution < -0.4 is 16.0 Å². The van der Waals surface area contributed by atoms with Crippen LogP contribution in [0.25, 0.3) is 0 Å². The van der Waals surface area contributed by atoms with E-state index < -0.39 is 0 Å². The van der Waals surface area contributed by atoms with Gasteiger partial charge in [0.25, 0.3) is 5.91 Å². The molecule has 6 nitrogen and oxygen atoms in total. The number of amides is 2. The van der Waals surface area contributed by atoms with Gasteiger partial charge in [-0.15, -0.1) is 0 Å². The van der Waals surface area contributed by atoms with Gasteiger partial charge in [0.15, 0.2) is 0 Å². The van der Waals surface area contributed by atoms with Crippen molar-refractivity contribution in [3.63, 3.8) is 0 Å². The van der Waals surface area contributed by atoms with E-state index in [-0.39, 0.29) is 17.7 Å². The second-order valence-electron chi connectivity index (χ2n) is 5.77. The number of piperidine rings is 1. The van der Waals surface area contributed by atoms with E-state index in [1.165, 1.54) is 0 Å². The standard InChI is InChI=1S/C17H25N3O3/c1-2-3-12-23-15-7-5-4-6-14(15)17(22)20-10-8-13(9-11-20)16(21)19-18/h4-7,13H,2-3,8-12,18H2,1H3,(H,19,21). The molecule has 126 valence electrons. The topological polar surface area (TPSA) is 84.7 Å². The minimum atomic E-state index is -0.152. The van der Waals surface area contributed by atoms with E-state index in [9.17, 15) is 9.59 Å². The van der Waals surface area contributed by atoms with Gasteiger partial charge in [0.2, 0.25) is 5.91 Å². The van der Waals surface area contributed by atoms with Crippen molar-refractivity contribution in [1.29, 1.82) is 0 Å². The highest BCUT2D eigenvalue weighted by molar-refractivity contribution is 5.97. The number of rotatable bonds is 6. The lowest BCUT2D eigenvalue weighted by molar-refractivity contribution is -0.126. The molecular formula is C17H25N3O3. The first kappa shape index (κ1) is 17.3. The van der Waals surface area contributed by atoms with E-state index in [2.05, 4.69) is 12.3 Å². The summed E-state index contributed by atoms with van der Waals surface area (Å²) in [5.74, 6) is 5.50. The molecule has 0 radical (unpaired) electrons. The number of nitrogens with one attached hydrogen (secondary N) is 1. The number of ether oxygens (including phenoxy) is 1. The number of nitrogens with zero attached hydrogens (tertiary/aromatic N) is 1. The number of nitrogens with two attached hydrogens (primary N) is 1. The molecular weight excluding hydrogens is 294 g/mol. The van der Waals surface area contributed by atoms with Gasteiger partial charge < -0.3 is 9.64 Å². The van der Waals surface area contributed by atoms with Crippen molar-refractivity contribution in [2.24, 2.45) is 11.8 Å². The maximum atomic E-state index is 12.7. The normalized spacial score (nSPS) is 15.3. The Morgan fingerprint density at radius 3 is 2.65 bits per heavy atom. The number of hydrogen-bond acceptors (Lipinski definition) is 4. The molecule has 1 aromatic carbocycles. The van der Waals surface area contributed by atoms with Crippen LogP contribution in [0.2, 0.25) is 0 Å². The molecule has 1 aromatic rings. The molecule has 0 aliphatic carbocycles. The summed E-state index contributed by atoms with van der Waals surface area (Å²) in [5, 5.41) is 0. The van der Waals surface area contributed by atoms with Crippen LogP contribution in [0, 0.1) is 5.92 Å². The monoisotopic (exact) mass is 319 g/mol. The first-order valence-corrected chi connectivity index (χ1v) is 8.19. The Bertz CT molecular complexity index is 540. The molecule has 3 N–H and O–H groups in total. The molecule has 0 aromatic heterocycles. The SMILES string of the molecule is CCCCOc1ccccc1C(=O)N1CCC(C(=O)NN)CC1. The summed E-state index contributed by atoms with van der Waals surface area (Å²) in [4.78, 5) is 26.1. The lowest BCUT2D eigenvalue weighted by Crippen LogP contribution is -2.44. The van der Waals surface area contributed by atoms with Gasteiger partial charge in [0.1, 0.15) is 5.75 Å². The molecule has 1 fully saturated rings. The summed E-state index contributed by atoms with van der Waals surface area (Å²) in [6.07, 6.45) is 3.27. The van der Waals surface area contributed by atoms with Gasteiger partial charge in [-0.25, -0.2) is 5.84 Å². The number of likely N-dealkylation sites (tertiary alicyclic amines) is 1. The second-order valence-corrected chi connectivity index (χ2v) is 5.77. The van der Waals surface area contributed by atoms with Crippen molar-refractivity contribution in [3.8, 4) is 5.75 Å². The lowest BCUT2D eigenvalue weighted by atomic mass is 9.95. The van der Waals surface area contributed by atoms with E-state index in [0.29, 0.717) is 43.9 Å². The fourth-order valence-corrected chi connectivity index (χ4v) is 2.73. The van der Waals surface area contributed by atoms with Gasteiger partial charge >= 0.3 is 0 Å². The third-order valence-electron chi connectivity index (χ3n) is 4.17. The number of hydrazine groups is 1. The molecule has 0 unspecified atom stereocenters. The largest absolute Gasteiger partial charge is 0.493 e. The Morgan fingerprint density at radius 1 is 1.30 bits per heavy atom. The summed E-state index contributed by atoms with van der Waals surface area (Å²) < 4.78 is 5.74. The fourth-order valence-electron chi connectivity index (χ4n) is 2.73. The van der Waals surface area contributed by atoms with E-state index in [1.54, 1.807) is 11.0 Å². The number of carbonyl (C=O) groups excluding carboxylic acids is 2. The number of carbonyl (C=O) groups is 2. The smallest absolute Gasteiger partial charge is 0.257 e. The van der Waals surface area contributed by atoms with Crippen molar-refractivity contribution in [3.05, 3.63) is 29.8 Å². The summed E-state index contributed by atoms with van der Waals surface area (Å²) in [5.41, 5.74) is 2.77. The van der Waals surface area contributed by atoms with Crippen LogP contribution in [0.4, 0.5) is 0 Å². The average molecular weight is 319 g/mol. The molecule has 0 atom stereocenters. The summed E-state index contributed by atoms with van der Waals surface area (Å²) in [6.45, 7) is 3.82. The highest BCUT2D eigenvalue weighted by atomic mass is 16.5. The van der Waals surface area contributed by atoms with Gasteiger partial charge in [-0.3, -0.25) is 15.0 Å². The van der Waals surface area contributed by atoms with Gasteiger partial charge in [0.05, 0.1) is 12.2 Å². The Kier molecular flexibility index (Phi) is 6.40. The van der Waals surface area contributed by atoms with Crippen molar-refractivity contribution >= 4 is 11.8 Å². The minimum absolute atomic E-state index is 0.0382. The summed E-state index contributed by atoms with van der Waals surface area (Å²) in [7, 11) is 0. The van der Waals surface area contributed by atoms with Crippen molar-refractivity contribution < 1.29 is 14.3 Å². The van der Waals surface area contributed by atoms with Crippen LogP contribution in [0.3, 0.4) is 0 Å². The van der Waals surface area contributed by atoms with Crippen LogP contribution in [0.15, 0.2) is 24.3 Å². The minimum Gasteiger partial charge on any atom is -0.493 e. The molecule has 23 heavy (non-hydrogen) atoms. The van der Waals surface area contributed by atoms with Crippen molar-refractivity contribution in [2.45, 2.75) is 32.6 Å². The summed E-state index contributed by atoms with van der Waals surface area (Å²) >= 11 is 0. The Morgan fingerprint density at radius 2 is 2.00 bits per heavy atom. The Labute approximate surface area is 136 Å². The molecule has 1 aliphatic heterocycles. The maximum absolute atomic E-state index is 12.7. The first-order valence-electron chi connectivity index (χ1n) is 8.19. The zero-order chi connectivity index (χ0) is 16.7. The van der Waals surface area contributed by atoms with Crippen LogP contribution >= 0.6 is 0 Å². The van der Waals surface area contributed by atoms with Gasteiger partial charge in [-0.05, 0) is 31.4 Å². The highest BCUT2D eigenvalue weighted by Gasteiger charge is 2.28. The molecule has 1 aliphatic rings. The first-order chi connectivity index (χ1) is 11.2. The number of para-hydroxylation sites is 1. The van der Waals surface area contributed by atoms with E-state index in [1.807, 2.05) is 18.2 Å². The average Bonchev–Trinajstić information content (AvgIpc) is 2.61. The molecule has 1 saturated heterocycles. The quantitative estimate of drug-likeness (QED) is 0.362. The second kappa shape index (κ2) is 8.53. The van der Waals surface area contributed by atoms with E-state index in [0.717, 1.165) is 12.8 Å². The third kappa shape index (κ3) is 4.45. The molecule has 2 rings (SSSR count). The molecule has 0 bridgehead atoms. The van der Waals surface area contributed by atoms with Gasteiger partial charge in [0, 0.05) is 19.0 Å². The van der Waals surface area contributed by atoms with Gasteiger partial charge in [-0.1, -0.05) is 25.5 Å². The molecule has 2 amide bonds. The highest BCUT2D eigenvalue weighted by Crippen LogP contribution is 2.24. The van der Waals surface area contributed by atoms with Crippen LogP contribution in [-0.2, 0) is 4.79 Å². The fraction of sp³-hybridized carbons (Fsp3) is 0.529. The summed E-state index contributed by atoms with van der Waals surface area (Å²) in [6, 6.07) is 7.34. The number of unbranched alkanes of at least 4 members (excludes halogenated alkanes) is 1. The Hall–Kier alpha value is -2.08. The molecule has 6 heteroatoms. The molecule has 1 heterocycles. The zero-order valence-corrected chi connectivity index (χ0v) is 13.6. The number of benzene rings is 1. The van der Waals surface area contributed by atoms with Gasteiger partial charge in [-0.2, -0.15) is 0 Å². The van der Waals surface area contributed by atoms with Crippen molar-refractivity contribution in [1.82, 2.24) is 10.3 Å². The number of hydrogen-bond donors (Lipinski definition) is 2. The predicted molar refractivity (Wildman–Crippen MR) is 87.8 cm³/mol. The predicted octanol–water partition coefficient (Wildman–Crippen LogP) is 1.71.